The number of thioether (sulfide) groups is 1. The molecule has 0 N–H and O–H groups in total. The molecular weight excluding hydrogens is 998 g/mol. The summed E-state index contributed by atoms with van der Waals surface area (Å²) in [5.41, 5.74) is 9.45. The molecule has 4 aromatic heterocycles. The molecule has 15 rings (SSSR count). The lowest BCUT2D eigenvalue weighted by Gasteiger charge is -2.30. The molecule has 0 bridgehead atoms. The van der Waals surface area contributed by atoms with Crippen molar-refractivity contribution in [3.8, 4) is 56.4 Å². The highest BCUT2D eigenvalue weighted by atomic mass is 35.5. The third-order valence-corrected chi connectivity index (χ3v) is 17.1. The van der Waals surface area contributed by atoms with Gasteiger partial charge in [0.2, 0.25) is 5.78 Å². The molecule has 4 aliphatic rings. The first kappa shape index (κ1) is 45.3. The zero-order valence-corrected chi connectivity index (χ0v) is 42.8. The second-order valence-electron chi connectivity index (χ2n) is 20.2. The van der Waals surface area contributed by atoms with Crippen molar-refractivity contribution >= 4 is 84.3 Å². The van der Waals surface area contributed by atoms with E-state index in [1.54, 1.807) is 34.5 Å². The Balaban J connectivity index is 0.923. The van der Waals surface area contributed by atoms with Crippen molar-refractivity contribution in [1.82, 2.24) is 34.1 Å². The average Bonchev–Trinajstić information content (AvgIpc) is 4.30. The van der Waals surface area contributed by atoms with Gasteiger partial charge in [0.25, 0.3) is 11.1 Å². The Kier molecular flexibility index (Phi) is 9.98. The summed E-state index contributed by atoms with van der Waals surface area (Å²) in [5.74, 6) is 1.52. The molecule has 6 heterocycles. The first-order chi connectivity index (χ1) is 37.6. The van der Waals surface area contributed by atoms with E-state index in [9.17, 15) is 9.59 Å². The van der Waals surface area contributed by atoms with Crippen LogP contribution in [0.3, 0.4) is 0 Å². The van der Waals surface area contributed by atoms with Crippen LogP contribution in [0, 0.1) is 5.92 Å². The van der Waals surface area contributed by atoms with Gasteiger partial charge in [-0.05, 0) is 83.1 Å². The van der Waals surface area contributed by atoms with Crippen molar-refractivity contribution in [1.29, 1.82) is 0 Å². The highest BCUT2D eigenvalue weighted by Crippen LogP contribution is 2.49. The van der Waals surface area contributed by atoms with Gasteiger partial charge in [-0.1, -0.05) is 171 Å². The molecule has 11 nitrogen and oxygen atoms in total. The SMILES string of the molecule is CC1C=CC=C2C1Sc1nc3cc(-c4ccc(C5(C)C=C6C(=O)c7nc8cc(Cl)ccc8c(=O)n7C6=CC5)c5c4oc4ccccc45)cc(-c4cccc(-c5nc(-c6ccccc6)nc(-c6ccccc6)n5)c4)c3c(=O)n12. The molecule has 0 amide bonds. The number of carbonyl (C=O) groups is 1. The Morgan fingerprint density at radius 1 is 0.636 bits per heavy atom. The van der Waals surface area contributed by atoms with Gasteiger partial charge in [-0.3, -0.25) is 23.5 Å². The van der Waals surface area contributed by atoms with Crippen LogP contribution in [-0.2, 0) is 5.41 Å². The van der Waals surface area contributed by atoms with E-state index in [-0.39, 0.29) is 33.9 Å². The maximum absolute atomic E-state index is 15.4. The first-order valence-electron chi connectivity index (χ1n) is 25.4. The molecule has 0 fully saturated rings. The molecule has 2 aliphatic heterocycles. The fourth-order valence-electron chi connectivity index (χ4n) is 11.7. The normalized spacial score (nSPS) is 18.3. The standard InChI is InChI=1S/C64H40ClN7O4S/c1-34-13-11-21-50-56(34)77-63-67-48-31-39(30-44(53(48)62(75)72(50)63)37-18-12-19-38(29-37)59-69-57(35-14-5-3-6-15-35)68-58(70-59)36-16-7-4-8-17-36)41-25-26-46(52-43-20-9-10-22-51(43)76-55(41)52)64(2)28-27-49-45(33-64)54(73)60-66-47-32-40(65)23-24-42(47)61(74)71(49)60/h3-27,29-34,56H,28H2,1-2H3. The van der Waals surface area contributed by atoms with E-state index in [1.165, 1.54) is 4.57 Å². The van der Waals surface area contributed by atoms with E-state index in [0.717, 1.165) is 55.4 Å². The molecule has 0 saturated carbocycles. The predicted octanol–water partition coefficient (Wildman–Crippen LogP) is 14.0. The Labute approximate surface area is 448 Å². The quantitative estimate of drug-likeness (QED) is 0.148. The van der Waals surface area contributed by atoms with Crippen LogP contribution < -0.4 is 11.1 Å². The molecule has 368 valence electrons. The van der Waals surface area contributed by atoms with E-state index in [0.29, 0.717) is 83.9 Å². The second-order valence-corrected chi connectivity index (χ2v) is 21.8. The number of furan rings is 1. The second kappa shape index (κ2) is 17.0. The summed E-state index contributed by atoms with van der Waals surface area (Å²) in [6.45, 7) is 4.29. The topological polar surface area (TPSA) is 139 Å². The molecule has 3 atom stereocenters. The lowest BCUT2D eigenvalue weighted by Crippen LogP contribution is -2.25. The van der Waals surface area contributed by atoms with E-state index in [1.807, 2.05) is 133 Å². The molecule has 0 spiro atoms. The lowest BCUT2D eigenvalue weighted by molar-refractivity contribution is 0.103. The van der Waals surface area contributed by atoms with Crippen molar-refractivity contribution in [2.45, 2.75) is 36.1 Å². The van der Waals surface area contributed by atoms with Crippen LogP contribution in [-0.4, -0.2) is 45.1 Å². The van der Waals surface area contributed by atoms with Gasteiger partial charge in [-0.15, -0.1) is 0 Å². The third-order valence-electron chi connectivity index (χ3n) is 15.4. The number of ketones is 1. The Hall–Kier alpha value is -9.10. The summed E-state index contributed by atoms with van der Waals surface area (Å²) in [5, 5.41) is 3.79. The van der Waals surface area contributed by atoms with Crippen LogP contribution in [0.1, 0.15) is 36.5 Å². The fraction of sp³-hybridized carbons (Fsp3) is 0.0938. The number of allylic oxidation sites excluding steroid dienone is 7. The molecule has 0 radical (unpaired) electrons. The Bertz CT molecular complexity index is 4650. The molecular formula is C64H40ClN7O4S. The Morgan fingerprint density at radius 3 is 2.13 bits per heavy atom. The predicted molar refractivity (Wildman–Crippen MR) is 306 cm³/mol. The number of hydrogen-bond donors (Lipinski definition) is 0. The molecule has 2 aliphatic carbocycles. The number of benzene rings is 7. The van der Waals surface area contributed by atoms with Crippen molar-refractivity contribution < 1.29 is 9.21 Å². The molecule has 11 aromatic rings. The van der Waals surface area contributed by atoms with Gasteiger partial charge in [0, 0.05) is 54.7 Å². The summed E-state index contributed by atoms with van der Waals surface area (Å²) in [7, 11) is 0. The summed E-state index contributed by atoms with van der Waals surface area (Å²) < 4.78 is 10.2. The largest absolute Gasteiger partial charge is 0.455 e. The van der Waals surface area contributed by atoms with E-state index >= 15 is 4.79 Å². The third kappa shape index (κ3) is 6.98. The summed E-state index contributed by atoms with van der Waals surface area (Å²) in [6.07, 6.45) is 10.7. The molecule has 0 saturated heterocycles. The zero-order chi connectivity index (χ0) is 51.8. The maximum atomic E-state index is 15.4. The number of hydrogen-bond acceptors (Lipinski definition) is 10. The van der Waals surface area contributed by atoms with Gasteiger partial charge in [-0.25, -0.2) is 24.9 Å². The summed E-state index contributed by atoms with van der Waals surface area (Å²) >= 11 is 7.92. The molecule has 13 heteroatoms. The van der Waals surface area contributed by atoms with E-state index in [2.05, 4.69) is 49.2 Å². The van der Waals surface area contributed by atoms with Gasteiger partial charge >= 0.3 is 0 Å². The van der Waals surface area contributed by atoms with Crippen LogP contribution >= 0.6 is 23.4 Å². The maximum Gasteiger partial charge on any atom is 0.267 e. The van der Waals surface area contributed by atoms with Crippen molar-refractivity contribution in [2.75, 3.05) is 0 Å². The number of aromatic nitrogens is 7. The van der Waals surface area contributed by atoms with E-state index < -0.39 is 5.41 Å². The van der Waals surface area contributed by atoms with Gasteiger partial charge < -0.3 is 4.42 Å². The van der Waals surface area contributed by atoms with Crippen LogP contribution in [0.15, 0.2) is 207 Å². The number of para-hydroxylation sites is 1. The van der Waals surface area contributed by atoms with Crippen LogP contribution in [0.2, 0.25) is 5.02 Å². The number of rotatable bonds is 6. The van der Waals surface area contributed by atoms with Gasteiger partial charge in [0.15, 0.2) is 28.5 Å². The highest BCUT2D eigenvalue weighted by Gasteiger charge is 2.41. The molecule has 7 aromatic carbocycles. The minimum Gasteiger partial charge on any atom is -0.455 e. The smallest absolute Gasteiger partial charge is 0.267 e. The zero-order valence-electron chi connectivity index (χ0n) is 41.2. The first-order valence-corrected chi connectivity index (χ1v) is 26.6. The highest BCUT2D eigenvalue weighted by molar-refractivity contribution is 8.00. The fourth-order valence-corrected chi connectivity index (χ4v) is 13.1. The van der Waals surface area contributed by atoms with E-state index in [4.69, 9.17) is 36.0 Å². The van der Waals surface area contributed by atoms with Gasteiger partial charge in [0.1, 0.15) is 11.2 Å². The van der Waals surface area contributed by atoms with Crippen LogP contribution in [0.25, 0.3) is 112 Å². The van der Waals surface area contributed by atoms with Crippen molar-refractivity contribution in [3.05, 3.63) is 225 Å². The van der Waals surface area contributed by atoms with Gasteiger partial charge in [-0.2, -0.15) is 0 Å². The van der Waals surface area contributed by atoms with Gasteiger partial charge in [0.05, 0.1) is 32.8 Å². The summed E-state index contributed by atoms with van der Waals surface area (Å²) in [6, 6.07) is 48.9. The minimum atomic E-state index is -0.720. The Morgan fingerprint density at radius 2 is 1.35 bits per heavy atom. The minimum absolute atomic E-state index is 0.0409. The summed E-state index contributed by atoms with van der Waals surface area (Å²) in [4.78, 5) is 68.8. The number of halogens is 1. The van der Waals surface area contributed by atoms with Crippen molar-refractivity contribution in [2.24, 2.45) is 5.92 Å². The van der Waals surface area contributed by atoms with Crippen LogP contribution in [0.5, 0.6) is 0 Å². The molecule has 77 heavy (non-hydrogen) atoms. The average molecular weight is 1040 g/mol. The number of carbonyl (C=O) groups excluding carboxylic acids is 1. The lowest BCUT2D eigenvalue weighted by atomic mass is 9.73. The van der Waals surface area contributed by atoms with Crippen molar-refractivity contribution in [3.63, 3.8) is 0 Å². The number of Topliss-reactive ketones (excluding diaryl/α,β-unsaturated/α-hetero) is 1. The monoisotopic (exact) mass is 1040 g/mol. The number of nitrogens with zero attached hydrogens (tertiary/aromatic N) is 7. The molecule has 3 unspecified atom stereocenters. The van der Waals surface area contributed by atoms with Crippen LogP contribution in [0.4, 0.5) is 0 Å². The number of fused-ring (bicyclic) bond motifs is 11.